The highest BCUT2D eigenvalue weighted by molar-refractivity contribution is 6.30. The first-order valence-corrected chi connectivity index (χ1v) is 12.9. The predicted octanol–water partition coefficient (Wildman–Crippen LogP) is 4.87. The third kappa shape index (κ3) is 4.20. The summed E-state index contributed by atoms with van der Waals surface area (Å²) in [6, 6.07) is 24.0. The minimum atomic E-state index is -0.658. The molecule has 0 bridgehead atoms. The zero-order valence-corrected chi connectivity index (χ0v) is 22.8. The highest BCUT2D eigenvalue weighted by Crippen LogP contribution is 2.41. The van der Waals surface area contributed by atoms with Crippen LogP contribution in [0.2, 0.25) is 5.02 Å². The summed E-state index contributed by atoms with van der Waals surface area (Å²) in [6.07, 6.45) is 3.58. The van der Waals surface area contributed by atoms with Crippen LogP contribution in [0.4, 0.5) is 11.5 Å². The number of halogens is 1. The molecule has 200 valence electrons. The van der Waals surface area contributed by atoms with Gasteiger partial charge in [-0.3, -0.25) is 13.9 Å². The molecule has 0 saturated carbocycles. The van der Waals surface area contributed by atoms with Crippen LogP contribution < -0.4 is 20.9 Å². The Morgan fingerprint density at radius 2 is 1.55 bits per heavy atom. The quantitative estimate of drug-likeness (QED) is 0.310. The van der Waals surface area contributed by atoms with Gasteiger partial charge in [0.05, 0.1) is 36.4 Å². The van der Waals surface area contributed by atoms with Crippen LogP contribution in [-0.2, 0) is 14.1 Å². The maximum atomic E-state index is 13.8. The number of benzene rings is 3. The molecular formula is C30H25ClN6O3. The second-order valence-corrected chi connectivity index (χ2v) is 9.85. The number of aliphatic imine (C=N–C) groups is 1. The first-order chi connectivity index (χ1) is 19.4. The van der Waals surface area contributed by atoms with E-state index in [1.165, 1.54) is 11.6 Å². The number of nitrogens with zero attached hydrogens (tertiary/aromatic N) is 6. The van der Waals surface area contributed by atoms with Gasteiger partial charge in [0.2, 0.25) is 0 Å². The molecule has 0 N–H and O–H groups in total. The van der Waals surface area contributed by atoms with Crippen LogP contribution in [0.5, 0.6) is 5.75 Å². The van der Waals surface area contributed by atoms with Crippen LogP contribution in [0.15, 0.2) is 99.6 Å². The normalized spacial score (nSPS) is 14.3. The summed E-state index contributed by atoms with van der Waals surface area (Å²) in [5.41, 5.74) is 3.39. The fourth-order valence-corrected chi connectivity index (χ4v) is 5.11. The molecule has 1 aliphatic rings. The fraction of sp³-hybridized carbons (Fsp3) is 0.133. The summed E-state index contributed by atoms with van der Waals surface area (Å²) in [6.45, 7) is 0. The number of hydrogen-bond acceptors (Lipinski definition) is 6. The molecule has 0 saturated heterocycles. The molecule has 1 unspecified atom stereocenters. The van der Waals surface area contributed by atoms with Crippen molar-refractivity contribution in [1.82, 2.24) is 18.9 Å². The second kappa shape index (κ2) is 10.0. The van der Waals surface area contributed by atoms with Gasteiger partial charge in [-0.15, -0.1) is 0 Å². The summed E-state index contributed by atoms with van der Waals surface area (Å²) in [4.78, 5) is 33.1. The van der Waals surface area contributed by atoms with Gasteiger partial charge in [0.25, 0.3) is 5.56 Å². The lowest BCUT2D eigenvalue weighted by Crippen LogP contribution is -2.44. The summed E-state index contributed by atoms with van der Waals surface area (Å²) < 4.78 is 9.67. The Hall–Kier alpha value is -4.89. The van der Waals surface area contributed by atoms with Crippen LogP contribution in [-0.4, -0.2) is 32.4 Å². The minimum Gasteiger partial charge on any atom is -0.497 e. The van der Waals surface area contributed by atoms with Gasteiger partial charge in [0.15, 0.2) is 0 Å². The molecule has 5 aromatic rings. The van der Waals surface area contributed by atoms with Crippen LogP contribution in [0, 0.1) is 0 Å². The largest absolute Gasteiger partial charge is 0.497 e. The molecule has 40 heavy (non-hydrogen) atoms. The molecule has 1 atom stereocenters. The third-order valence-corrected chi connectivity index (χ3v) is 7.32. The zero-order chi connectivity index (χ0) is 28.0. The molecule has 10 heteroatoms. The molecule has 0 amide bonds. The van der Waals surface area contributed by atoms with Crippen molar-refractivity contribution in [2.24, 2.45) is 19.1 Å². The van der Waals surface area contributed by atoms with Gasteiger partial charge in [0.1, 0.15) is 11.6 Å². The van der Waals surface area contributed by atoms with Crippen LogP contribution in [0.1, 0.15) is 17.2 Å². The van der Waals surface area contributed by atoms with Crippen molar-refractivity contribution in [2.75, 3.05) is 12.0 Å². The van der Waals surface area contributed by atoms with E-state index in [1.807, 2.05) is 90.0 Å². The monoisotopic (exact) mass is 552 g/mol. The smallest absolute Gasteiger partial charge is 0.332 e. The van der Waals surface area contributed by atoms with Gasteiger partial charge < -0.3 is 9.64 Å². The molecule has 0 spiro atoms. The minimum absolute atomic E-state index is 0.303. The van der Waals surface area contributed by atoms with Crippen molar-refractivity contribution in [1.29, 1.82) is 0 Å². The van der Waals surface area contributed by atoms with E-state index in [0.29, 0.717) is 27.8 Å². The van der Waals surface area contributed by atoms with E-state index in [0.717, 1.165) is 27.1 Å². The first-order valence-electron chi connectivity index (χ1n) is 12.5. The van der Waals surface area contributed by atoms with E-state index in [9.17, 15) is 9.59 Å². The van der Waals surface area contributed by atoms with E-state index in [-0.39, 0.29) is 0 Å². The topological polar surface area (TPSA) is 86.6 Å². The SMILES string of the molecule is COc1ccc(N2C=Nc3c(c(=O)n(C)c(=O)n3C)C2c2cn(-c3ccccc3)nc2-c2ccc(Cl)cc2)cc1. The Bertz CT molecular complexity index is 1860. The van der Waals surface area contributed by atoms with E-state index >= 15 is 0 Å². The summed E-state index contributed by atoms with van der Waals surface area (Å²) in [7, 11) is 4.70. The van der Waals surface area contributed by atoms with Gasteiger partial charge in [0, 0.05) is 42.1 Å². The number of methoxy groups -OCH3 is 1. The molecule has 1 aliphatic heterocycles. The van der Waals surface area contributed by atoms with Gasteiger partial charge in [-0.2, -0.15) is 5.10 Å². The average molecular weight is 553 g/mol. The zero-order valence-electron chi connectivity index (χ0n) is 22.0. The van der Waals surface area contributed by atoms with Crippen LogP contribution in [0.3, 0.4) is 0 Å². The lowest BCUT2D eigenvalue weighted by atomic mass is 9.94. The molecule has 3 aromatic carbocycles. The molecule has 6 rings (SSSR count). The molecule has 9 nitrogen and oxygen atoms in total. The van der Waals surface area contributed by atoms with E-state index in [2.05, 4.69) is 4.99 Å². The maximum Gasteiger partial charge on any atom is 0.332 e. The Kier molecular flexibility index (Phi) is 6.36. The Morgan fingerprint density at radius 1 is 0.850 bits per heavy atom. The highest BCUT2D eigenvalue weighted by Gasteiger charge is 2.36. The average Bonchev–Trinajstić information content (AvgIpc) is 3.44. The Balaban J connectivity index is 1.66. The lowest BCUT2D eigenvalue weighted by molar-refractivity contribution is 0.415. The van der Waals surface area contributed by atoms with Gasteiger partial charge in [-0.25, -0.2) is 14.5 Å². The first kappa shape index (κ1) is 25.4. The summed E-state index contributed by atoms with van der Waals surface area (Å²) in [5.74, 6) is 1.00. The van der Waals surface area contributed by atoms with E-state index in [4.69, 9.17) is 21.4 Å². The molecule has 3 heterocycles. The van der Waals surface area contributed by atoms with Gasteiger partial charge in [-0.05, 0) is 48.5 Å². The number of para-hydroxylation sites is 1. The molecule has 0 aliphatic carbocycles. The maximum absolute atomic E-state index is 13.8. The van der Waals surface area contributed by atoms with Gasteiger partial charge >= 0.3 is 5.69 Å². The van der Waals surface area contributed by atoms with Crippen LogP contribution in [0.25, 0.3) is 16.9 Å². The lowest BCUT2D eigenvalue weighted by Gasteiger charge is -2.34. The molecule has 0 fully saturated rings. The van der Waals surface area contributed by atoms with E-state index < -0.39 is 17.3 Å². The molecule has 0 radical (unpaired) electrons. The number of hydrogen-bond donors (Lipinski definition) is 0. The highest BCUT2D eigenvalue weighted by atomic mass is 35.5. The van der Waals surface area contributed by atoms with Crippen molar-refractivity contribution in [3.8, 4) is 22.7 Å². The predicted molar refractivity (Wildman–Crippen MR) is 156 cm³/mol. The van der Waals surface area contributed by atoms with E-state index in [1.54, 1.807) is 25.2 Å². The third-order valence-electron chi connectivity index (χ3n) is 7.07. The standard InChI is InChI=1S/C30H25ClN6O3/c1-34-28-25(29(38)35(2)30(34)39)27(36(18-32-28)21-13-15-23(40-3)16-14-21)24-17-37(22-7-5-4-6-8-22)33-26(24)19-9-11-20(31)12-10-19/h4-18,27H,1-3H3. The fourth-order valence-electron chi connectivity index (χ4n) is 4.99. The number of aromatic nitrogens is 4. The Morgan fingerprint density at radius 3 is 2.23 bits per heavy atom. The van der Waals surface area contributed by atoms with Gasteiger partial charge in [-0.1, -0.05) is 41.9 Å². The number of fused-ring (bicyclic) bond motifs is 1. The van der Waals surface area contributed by atoms with Crippen LogP contribution >= 0.6 is 11.6 Å². The summed E-state index contributed by atoms with van der Waals surface area (Å²) >= 11 is 6.22. The second-order valence-electron chi connectivity index (χ2n) is 9.42. The van der Waals surface area contributed by atoms with Crippen molar-refractivity contribution in [3.05, 3.63) is 122 Å². The molecular weight excluding hydrogens is 528 g/mol. The number of rotatable bonds is 5. The van der Waals surface area contributed by atoms with Crippen molar-refractivity contribution in [2.45, 2.75) is 6.04 Å². The number of ether oxygens (including phenoxy) is 1. The molecule has 2 aromatic heterocycles. The van der Waals surface area contributed by atoms with Crippen molar-refractivity contribution < 1.29 is 4.74 Å². The Labute approximate surface area is 234 Å². The number of anilines is 1. The van der Waals surface area contributed by atoms with Crippen molar-refractivity contribution in [3.63, 3.8) is 0 Å². The summed E-state index contributed by atoms with van der Waals surface area (Å²) in [5, 5.41) is 5.58. The van der Waals surface area contributed by atoms with Crippen molar-refractivity contribution >= 4 is 29.4 Å².